The number of ether oxygens (including phenoxy) is 1. The maximum atomic E-state index is 12.8. The van der Waals surface area contributed by atoms with E-state index in [1.54, 1.807) is 11.0 Å². The highest BCUT2D eigenvalue weighted by Gasteiger charge is 2.24. The monoisotopic (exact) mass is 558 g/mol. The van der Waals surface area contributed by atoms with Crippen LogP contribution in [0.4, 0.5) is 0 Å². The number of amides is 1. The number of hydrogen-bond acceptors (Lipinski definition) is 7. The summed E-state index contributed by atoms with van der Waals surface area (Å²) in [6, 6.07) is 11.8. The van der Waals surface area contributed by atoms with E-state index in [9.17, 15) is 9.59 Å². The Morgan fingerprint density at radius 1 is 1.09 bits per heavy atom. The number of esters is 1. The van der Waals surface area contributed by atoms with Crippen LogP contribution < -0.4 is 0 Å². The van der Waals surface area contributed by atoms with Gasteiger partial charge in [0.2, 0.25) is 5.91 Å². The first-order chi connectivity index (χ1) is 16.1. The molecule has 2 aliphatic heterocycles. The summed E-state index contributed by atoms with van der Waals surface area (Å²) in [5.41, 5.74) is 4.77. The number of piperazine rings is 1. The van der Waals surface area contributed by atoms with Gasteiger partial charge in [0, 0.05) is 41.9 Å². The minimum Gasteiger partial charge on any atom is -0.457 e. The molecule has 0 N–H and O–H groups in total. The number of cyclic esters (lactones) is 1. The molecule has 10 heteroatoms. The van der Waals surface area contributed by atoms with Crippen molar-refractivity contribution in [2.24, 2.45) is 0 Å². The standard InChI is InChI=1S/C23H23IN6O3/c24-21-13-20-18(14-33-23(20)32)12-17(21)5-6-28-7-9-29(10-8-28)22(31)11-16-1-3-19(4-2-16)30-15-25-26-27-30/h1-4,12-13,15H,5-11,14H2. The zero-order valence-electron chi connectivity index (χ0n) is 18.0. The maximum absolute atomic E-state index is 12.8. The van der Waals surface area contributed by atoms with Crippen molar-refractivity contribution in [3.8, 4) is 5.69 Å². The molecule has 2 aliphatic rings. The molecular formula is C23H23IN6O3. The number of rotatable bonds is 6. The molecule has 9 nitrogen and oxygen atoms in total. The minimum atomic E-state index is -0.223. The van der Waals surface area contributed by atoms with Crippen LogP contribution in [-0.2, 0) is 29.0 Å². The van der Waals surface area contributed by atoms with Gasteiger partial charge in [0.15, 0.2) is 0 Å². The van der Waals surface area contributed by atoms with Gasteiger partial charge < -0.3 is 9.64 Å². The molecule has 0 radical (unpaired) electrons. The lowest BCUT2D eigenvalue weighted by Crippen LogP contribution is -2.49. The number of hydrogen-bond donors (Lipinski definition) is 0. The van der Waals surface area contributed by atoms with E-state index in [-0.39, 0.29) is 11.9 Å². The van der Waals surface area contributed by atoms with E-state index in [0.29, 0.717) is 18.6 Å². The van der Waals surface area contributed by atoms with Crippen LogP contribution in [0.25, 0.3) is 5.69 Å². The number of fused-ring (bicyclic) bond motifs is 1. The Kier molecular flexibility index (Phi) is 6.36. The highest BCUT2D eigenvalue weighted by Crippen LogP contribution is 2.26. The van der Waals surface area contributed by atoms with Gasteiger partial charge in [-0.05, 0) is 68.8 Å². The number of aromatic nitrogens is 4. The molecule has 0 unspecified atom stereocenters. The predicted octanol–water partition coefficient (Wildman–Crippen LogP) is 1.87. The minimum absolute atomic E-state index is 0.155. The molecule has 0 aliphatic carbocycles. The van der Waals surface area contributed by atoms with E-state index in [0.717, 1.165) is 59.5 Å². The van der Waals surface area contributed by atoms with E-state index >= 15 is 0 Å². The third-order valence-corrected chi connectivity index (χ3v) is 7.18. The first kappa shape index (κ1) is 22.0. The first-order valence-electron chi connectivity index (χ1n) is 10.9. The zero-order valence-corrected chi connectivity index (χ0v) is 20.1. The second kappa shape index (κ2) is 9.56. The lowest BCUT2D eigenvalue weighted by molar-refractivity contribution is -0.132. The number of benzene rings is 2. The molecular weight excluding hydrogens is 535 g/mol. The van der Waals surface area contributed by atoms with Crippen LogP contribution >= 0.6 is 22.6 Å². The molecule has 33 heavy (non-hydrogen) atoms. The summed E-state index contributed by atoms with van der Waals surface area (Å²) in [4.78, 5) is 28.9. The first-order valence-corrected chi connectivity index (χ1v) is 12.0. The van der Waals surface area contributed by atoms with Gasteiger partial charge in [-0.2, -0.15) is 0 Å². The summed E-state index contributed by atoms with van der Waals surface area (Å²) in [6.07, 6.45) is 2.85. The normalized spacial score (nSPS) is 16.0. The average Bonchev–Trinajstić information content (AvgIpc) is 3.49. The quantitative estimate of drug-likeness (QED) is 0.337. The molecule has 3 heterocycles. The van der Waals surface area contributed by atoms with E-state index in [1.807, 2.05) is 35.2 Å². The van der Waals surface area contributed by atoms with E-state index in [2.05, 4.69) is 49.1 Å². The van der Waals surface area contributed by atoms with Crippen LogP contribution in [0.15, 0.2) is 42.7 Å². The van der Waals surface area contributed by atoms with Gasteiger partial charge in [-0.15, -0.1) is 5.10 Å². The summed E-state index contributed by atoms with van der Waals surface area (Å²) in [5, 5.41) is 11.1. The van der Waals surface area contributed by atoms with Crippen molar-refractivity contribution in [1.82, 2.24) is 30.0 Å². The fourth-order valence-corrected chi connectivity index (χ4v) is 4.96. The van der Waals surface area contributed by atoms with Crippen molar-refractivity contribution in [3.05, 3.63) is 68.5 Å². The Morgan fingerprint density at radius 3 is 2.61 bits per heavy atom. The van der Waals surface area contributed by atoms with Crippen molar-refractivity contribution < 1.29 is 14.3 Å². The van der Waals surface area contributed by atoms with Crippen LogP contribution in [0.1, 0.15) is 27.0 Å². The Labute approximate surface area is 204 Å². The molecule has 0 spiro atoms. The lowest BCUT2D eigenvalue weighted by Gasteiger charge is -2.35. The Bertz CT molecular complexity index is 1160. The third-order valence-electron chi connectivity index (χ3n) is 6.18. The van der Waals surface area contributed by atoms with Gasteiger partial charge in [-0.1, -0.05) is 18.2 Å². The van der Waals surface area contributed by atoms with Gasteiger partial charge in [0.25, 0.3) is 0 Å². The third kappa shape index (κ3) is 4.91. The Balaban J connectivity index is 1.10. The van der Waals surface area contributed by atoms with Gasteiger partial charge in [-0.25, -0.2) is 9.48 Å². The van der Waals surface area contributed by atoms with Crippen molar-refractivity contribution in [2.45, 2.75) is 19.4 Å². The number of nitrogens with zero attached hydrogens (tertiary/aromatic N) is 6. The van der Waals surface area contributed by atoms with E-state index < -0.39 is 0 Å². The molecule has 1 saturated heterocycles. The van der Waals surface area contributed by atoms with Gasteiger partial charge >= 0.3 is 5.97 Å². The fraction of sp³-hybridized carbons (Fsp3) is 0.348. The smallest absolute Gasteiger partial charge is 0.338 e. The average molecular weight is 558 g/mol. The van der Waals surface area contributed by atoms with Crippen molar-refractivity contribution in [2.75, 3.05) is 32.7 Å². The van der Waals surface area contributed by atoms with Crippen LogP contribution in [-0.4, -0.2) is 74.6 Å². The van der Waals surface area contributed by atoms with Crippen molar-refractivity contribution >= 4 is 34.5 Å². The second-order valence-electron chi connectivity index (χ2n) is 8.25. The van der Waals surface area contributed by atoms with Gasteiger partial charge in [0.1, 0.15) is 12.9 Å². The predicted molar refractivity (Wildman–Crippen MR) is 128 cm³/mol. The number of tetrazole rings is 1. The molecule has 2 aromatic carbocycles. The second-order valence-corrected chi connectivity index (χ2v) is 9.41. The highest BCUT2D eigenvalue weighted by atomic mass is 127. The summed E-state index contributed by atoms with van der Waals surface area (Å²) in [5.74, 6) is -0.0682. The Hall–Kier alpha value is -2.86. The summed E-state index contributed by atoms with van der Waals surface area (Å²) in [6.45, 7) is 4.53. The highest BCUT2D eigenvalue weighted by molar-refractivity contribution is 14.1. The maximum Gasteiger partial charge on any atom is 0.338 e. The fourth-order valence-electron chi connectivity index (χ4n) is 4.22. The molecule has 5 rings (SSSR count). The summed E-state index contributed by atoms with van der Waals surface area (Å²) in [7, 11) is 0. The number of carbonyl (C=O) groups is 2. The van der Waals surface area contributed by atoms with Crippen molar-refractivity contribution in [3.63, 3.8) is 0 Å². The molecule has 0 saturated carbocycles. The van der Waals surface area contributed by atoms with Crippen molar-refractivity contribution in [1.29, 1.82) is 0 Å². The van der Waals surface area contributed by atoms with Crippen LogP contribution in [0.2, 0.25) is 0 Å². The van der Waals surface area contributed by atoms with Crippen LogP contribution in [0, 0.1) is 3.57 Å². The molecule has 0 bridgehead atoms. The number of halogens is 1. The SMILES string of the molecule is O=C1OCc2cc(CCN3CCN(C(=O)Cc4ccc(-n5cnnn5)cc4)CC3)c(I)cc21. The molecule has 1 amide bonds. The van der Waals surface area contributed by atoms with E-state index in [1.165, 1.54) is 5.56 Å². The van der Waals surface area contributed by atoms with E-state index in [4.69, 9.17) is 4.74 Å². The largest absolute Gasteiger partial charge is 0.457 e. The van der Waals surface area contributed by atoms with Gasteiger partial charge in [0.05, 0.1) is 17.7 Å². The molecule has 0 atom stereocenters. The Morgan fingerprint density at radius 2 is 1.88 bits per heavy atom. The topological polar surface area (TPSA) is 93.5 Å². The molecule has 1 fully saturated rings. The lowest BCUT2D eigenvalue weighted by atomic mass is 10.0. The molecule has 170 valence electrons. The van der Waals surface area contributed by atoms with Gasteiger partial charge in [-0.3, -0.25) is 9.69 Å². The molecule has 1 aromatic heterocycles. The van der Waals surface area contributed by atoms with Crippen LogP contribution in [0.3, 0.4) is 0 Å². The zero-order chi connectivity index (χ0) is 22.8. The van der Waals surface area contributed by atoms with Crippen LogP contribution in [0.5, 0.6) is 0 Å². The summed E-state index contributed by atoms with van der Waals surface area (Å²) >= 11 is 2.30. The summed E-state index contributed by atoms with van der Waals surface area (Å²) < 4.78 is 7.82. The number of carbonyl (C=O) groups excluding carboxylic acids is 2. The molecule has 3 aromatic rings.